The molecule has 0 bridgehead atoms. The number of nitriles is 1. The third-order valence-electron chi connectivity index (χ3n) is 5.50. The van der Waals surface area contributed by atoms with E-state index in [0.29, 0.717) is 24.6 Å². The molecule has 2 aromatic carbocycles. The van der Waals surface area contributed by atoms with Crippen LogP contribution >= 0.6 is 0 Å². The lowest BCUT2D eigenvalue weighted by molar-refractivity contribution is 0.0696. The molecule has 1 heterocycles. The minimum absolute atomic E-state index is 0.0106. The number of hydrogen-bond acceptors (Lipinski definition) is 3. The SMILES string of the molecule is Cc1cc(C)c(C(=O)O)cc1CC1CCN(c2c(F)cc(F)cc2C#N)CC1. The number of aromatic carboxylic acids is 1. The van der Waals surface area contributed by atoms with E-state index >= 15 is 0 Å². The molecule has 3 rings (SSSR count). The zero-order valence-corrected chi connectivity index (χ0v) is 15.9. The molecule has 4 nitrogen and oxygen atoms in total. The number of carboxylic acid groups (broad SMARTS) is 1. The second-order valence-corrected chi connectivity index (χ2v) is 7.43. The van der Waals surface area contributed by atoms with Gasteiger partial charge in [0.1, 0.15) is 11.9 Å². The van der Waals surface area contributed by atoms with Crippen molar-refractivity contribution >= 4 is 11.7 Å². The molecule has 0 saturated carbocycles. The number of carboxylic acids is 1. The summed E-state index contributed by atoms with van der Waals surface area (Å²) in [5.74, 6) is -2.05. The quantitative estimate of drug-likeness (QED) is 0.836. The van der Waals surface area contributed by atoms with Crippen LogP contribution in [-0.2, 0) is 6.42 Å². The van der Waals surface area contributed by atoms with Crippen LogP contribution in [0.1, 0.15) is 45.5 Å². The van der Waals surface area contributed by atoms with E-state index in [9.17, 15) is 23.9 Å². The van der Waals surface area contributed by atoms with Gasteiger partial charge in [-0.3, -0.25) is 0 Å². The summed E-state index contributed by atoms with van der Waals surface area (Å²) < 4.78 is 27.6. The zero-order chi connectivity index (χ0) is 20.4. The molecule has 0 aromatic heterocycles. The maximum atomic E-state index is 14.2. The van der Waals surface area contributed by atoms with E-state index < -0.39 is 17.6 Å². The zero-order valence-electron chi connectivity index (χ0n) is 15.9. The van der Waals surface area contributed by atoms with Gasteiger partial charge in [-0.15, -0.1) is 0 Å². The molecule has 1 N–H and O–H groups in total. The minimum atomic E-state index is -0.926. The van der Waals surface area contributed by atoms with Crippen LogP contribution in [0.4, 0.5) is 14.5 Å². The average molecular weight is 384 g/mol. The van der Waals surface area contributed by atoms with E-state index in [1.807, 2.05) is 19.1 Å². The van der Waals surface area contributed by atoms with Crippen LogP contribution in [0.25, 0.3) is 0 Å². The first-order valence-corrected chi connectivity index (χ1v) is 9.27. The molecular formula is C22H22F2N2O2. The minimum Gasteiger partial charge on any atom is -0.478 e. The molecule has 0 amide bonds. The van der Waals surface area contributed by atoms with Crippen LogP contribution in [0, 0.1) is 42.7 Å². The van der Waals surface area contributed by atoms with Crippen molar-refractivity contribution < 1.29 is 18.7 Å². The summed E-state index contributed by atoms with van der Waals surface area (Å²) in [6, 6.07) is 7.41. The molecule has 0 atom stereocenters. The summed E-state index contributed by atoms with van der Waals surface area (Å²) in [7, 11) is 0. The Kier molecular flexibility index (Phi) is 5.64. The van der Waals surface area contributed by atoms with Crippen LogP contribution in [0.15, 0.2) is 24.3 Å². The molecule has 1 aliphatic heterocycles. The van der Waals surface area contributed by atoms with Crippen molar-refractivity contribution in [3.05, 3.63) is 63.7 Å². The van der Waals surface area contributed by atoms with E-state index in [-0.39, 0.29) is 11.3 Å². The maximum Gasteiger partial charge on any atom is 0.335 e. The Morgan fingerprint density at radius 3 is 2.46 bits per heavy atom. The van der Waals surface area contributed by atoms with Crippen molar-refractivity contribution in [1.82, 2.24) is 0 Å². The van der Waals surface area contributed by atoms with Gasteiger partial charge in [-0.1, -0.05) is 6.07 Å². The molecule has 28 heavy (non-hydrogen) atoms. The summed E-state index contributed by atoms with van der Waals surface area (Å²) in [4.78, 5) is 13.2. The summed E-state index contributed by atoms with van der Waals surface area (Å²) in [6.45, 7) is 4.91. The van der Waals surface area contributed by atoms with E-state index in [1.54, 1.807) is 17.9 Å². The van der Waals surface area contributed by atoms with Gasteiger partial charge in [0.25, 0.3) is 0 Å². The van der Waals surface area contributed by atoms with Gasteiger partial charge < -0.3 is 10.0 Å². The third kappa shape index (κ3) is 3.99. The smallest absolute Gasteiger partial charge is 0.335 e. The molecule has 0 radical (unpaired) electrons. The van der Waals surface area contributed by atoms with E-state index in [2.05, 4.69) is 0 Å². The van der Waals surface area contributed by atoms with E-state index in [1.165, 1.54) is 0 Å². The highest BCUT2D eigenvalue weighted by atomic mass is 19.1. The van der Waals surface area contributed by atoms with Gasteiger partial charge in [-0.2, -0.15) is 5.26 Å². The van der Waals surface area contributed by atoms with Crippen LogP contribution in [0.2, 0.25) is 0 Å². The Morgan fingerprint density at radius 1 is 1.18 bits per heavy atom. The summed E-state index contributed by atoms with van der Waals surface area (Å²) >= 11 is 0. The highest BCUT2D eigenvalue weighted by molar-refractivity contribution is 5.89. The fraction of sp³-hybridized carbons (Fsp3) is 0.364. The first kappa shape index (κ1) is 19.8. The third-order valence-corrected chi connectivity index (χ3v) is 5.50. The van der Waals surface area contributed by atoms with E-state index in [0.717, 1.165) is 48.1 Å². The first-order valence-electron chi connectivity index (χ1n) is 9.27. The molecule has 1 saturated heterocycles. The van der Waals surface area contributed by atoms with Crippen molar-refractivity contribution in [2.45, 2.75) is 33.1 Å². The Morgan fingerprint density at radius 2 is 1.86 bits per heavy atom. The summed E-state index contributed by atoms with van der Waals surface area (Å²) in [5, 5.41) is 18.6. The summed E-state index contributed by atoms with van der Waals surface area (Å²) in [6.07, 6.45) is 2.34. The standard InChI is InChI=1S/C22H22F2N2O2/c1-13-7-14(2)19(22(27)28)10-16(13)8-15-3-5-26(6-4-15)21-17(12-25)9-18(23)11-20(21)24/h7,9-11,15H,3-6,8H2,1-2H3,(H,27,28). The Hall–Kier alpha value is -2.94. The topological polar surface area (TPSA) is 64.3 Å². The maximum absolute atomic E-state index is 14.2. The van der Waals surface area contributed by atoms with Gasteiger partial charge in [-0.25, -0.2) is 13.6 Å². The van der Waals surface area contributed by atoms with Crippen LogP contribution < -0.4 is 4.90 Å². The van der Waals surface area contributed by atoms with Crippen molar-refractivity contribution in [2.24, 2.45) is 5.92 Å². The molecule has 1 aliphatic rings. The van der Waals surface area contributed by atoms with Crippen molar-refractivity contribution in [3.8, 4) is 6.07 Å². The molecule has 0 aliphatic carbocycles. The highest BCUT2D eigenvalue weighted by Gasteiger charge is 2.25. The monoisotopic (exact) mass is 384 g/mol. The van der Waals surface area contributed by atoms with Crippen LogP contribution in [0.5, 0.6) is 0 Å². The first-order chi connectivity index (χ1) is 13.3. The normalized spacial score (nSPS) is 14.8. The Labute approximate surface area is 163 Å². The number of piperidine rings is 1. The summed E-state index contributed by atoms with van der Waals surface area (Å²) in [5.41, 5.74) is 3.34. The molecular weight excluding hydrogens is 362 g/mol. The molecule has 0 spiro atoms. The predicted octanol–water partition coefficient (Wildman–Crippen LogP) is 4.61. The molecule has 2 aromatic rings. The van der Waals surface area contributed by atoms with Crippen molar-refractivity contribution in [1.29, 1.82) is 5.26 Å². The number of benzene rings is 2. The number of nitrogens with zero attached hydrogens (tertiary/aromatic N) is 2. The Bertz CT molecular complexity index is 958. The van der Waals surface area contributed by atoms with Gasteiger partial charge in [0, 0.05) is 19.2 Å². The number of halogens is 2. The number of carbonyl (C=O) groups is 1. The molecule has 1 fully saturated rings. The van der Waals surface area contributed by atoms with E-state index in [4.69, 9.17) is 0 Å². The van der Waals surface area contributed by atoms with Gasteiger partial charge in [-0.05, 0) is 67.9 Å². The second kappa shape index (κ2) is 7.97. The number of hydrogen-bond donors (Lipinski definition) is 1. The van der Waals surface area contributed by atoms with Gasteiger partial charge >= 0.3 is 5.97 Å². The van der Waals surface area contributed by atoms with Crippen LogP contribution in [-0.4, -0.2) is 24.2 Å². The van der Waals surface area contributed by atoms with Crippen molar-refractivity contribution in [2.75, 3.05) is 18.0 Å². The van der Waals surface area contributed by atoms with Crippen molar-refractivity contribution in [3.63, 3.8) is 0 Å². The predicted molar refractivity (Wildman–Crippen MR) is 103 cm³/mol. The molecule has 0 unspecified atom stereocenters. The lowest BCUT2D eigenvalue weighted by Gasteiger charge is -2.34. The molecule has 146 valence electrons. The van der Waals surface area contributed by atoms with Gasteiger partial charge in [0.2, 0.25) is 0 Å². The lowest BCUT2D eigenvalue weighted by atomic mass is 9.87. The second-order valence-electron chi connectivity index (χ2n) is 7.43. The van der Waals surface area contributed by atoms with Gasteiger partial charge in [0.15, 0.2) is 5.82 Å². The number of rotatable bonds is 4. The fourth-order valence-corrected chi connectivity index (χ4v) is 3.99. The largest absolute Gasteiger partial charge is 0.478 e. The average Bonchev–Trinajstić information content (AvgIpc) is 2.63. The molecule has 6 heteroatoms. The number of anilines is 1. The lowest BCUT2D eigenvalue weighted by Crippen LogP contribution is -2.35. The van der Waals surface area contributed by atoms with Gasteiger partial charge in [0.05, 0.1) is 16.8 Å². The fourth-order valence-electron chi connectivity index (χ4n) is 3.99. The van der Waals surface area contributed by atoms with Crippen LogP contribution in [0.3, 0.4) is 0 Å². The number of aryl methyl sites for hydroxylation is 2. The Balaban J connectivity index is 1.73. The highest BCUT2D eigenvalue weighted by Crippen LogP contribution is 2.31.